The highest BCUT2D eigenvalue weighted by molar-refractivity contribution is 6.33. The first-order chi connectivity index (χ1) is 8.16. The van der Waals surface area contributed by atoms with Gasteiger partial charge in [0.1, 0.15) is 5.82 Å². The fraction of sp³-hybridized carbons (Fsp3) is 0.250. The largest absolute Gasteiger partial charge is 0.399 e. The van der Waals surface area contributed by atoms with E-state index in [0.29, 0.717) is 10.7 Å². The highest BCUT2D eigenvalue weighted by Crippen LogP contribution is 2.23. The van der Waals surface area contributed by atoms with Crippen LogP contribution in [0.2, 0.25) is 5.02 Å². The smallest absolute Gasteiger partial charge is 0.110 e. The maximum Gasteiger partial charge on any atom is 0.110 e. The number of nitrogens with zero attached hydrogens (tertiary/aromatic N) is 2. The molecule has 0 aliphatic heterocycles. The molecule has 0 amide bonds. The van der Waals surface area contributed by atoms with Crippen molar-refractivity contribution < 1.29 is 0 Å². The molecule has 0 radical (unpaired) electrons. The molecule has 90 valence electrons. The molecule has 2 aromatic rings. The summed E-state index contributed by atoms with van der Waals surface area (Å²) in [7, 11) is 1.98. The normalized spacial score (nSPS) is 10.5. The molecule has 0 unspecified atom stereocenters. The van der Waals surface area contributed by atoms with Crippen molar-refractivity contribution in [3.05, 3.63) is 41.4 Å². The van der Waals surface area contributed by atoms with Crippen molar-refractivity contribution in [2.45, 2.75) is 6.42 Å². The summed E-state index contributed by atoms with van der Waals surface area (Å²) in [4.78, 5) is 4.25. The zero-order valence-corrected chi connectivity index (χ0v) is 10.4. The van der Waals surface area contributed by atoms with E-state index in [0.717, 1.165) is 24.5 Å². The van der Waals surface area contributed by atoms with Crippen LogP contribution in [0.1, 0.15) is 5.82 Å². The van der Waals surface area contributed by atoms with Gasteiger partial charge in [-0.1, -0.05) is 11.6 Å². The van der Waals surface area contributed by atoms with Crippen LogP contribution in [0.25, 0.3) is 0 Å². The number of anilines is 2. The van der Waals surface area contributed by atoms with Crippen molar-refractivity contribution in [3.63, 3.8) is 0 Å². The van der Waals surface area contributed by atoms with Gasteiger partial charge in [-0.3, -0.25) is 0 Å². The summed E-state index contributed by atoms with van der Waals surface area (Å²) in [5, 5.41) is 3.91. The van der Waals surface area contributed by atoms with Gasteiger partial charge in [0.2, 0.25) is 0 Å². The Morgan fingerprint density at radius 2 is 2.29 bits per heavy atom. The predicted octanol–water partition coefficient (Wildman–Crippen LogP) is 2.31. The number of nitrogens with two attached hydrogens (primary N) is 1. The molecule has 1 aromatic carbocycles. The maximum absolute atomic E-state index is 6.06. The molecule has 0 spiro atoms. The molecule has 1 heterocycles. The molecule has 3 N–H and O–H groups in total. The van der Waals surface area contributed by atoms with E-state index in [4.69, 9.17) is 17.3 Å². The van der Waals surface area contributed by atoms with Gasteiger partial charge >= 0.3 is 0 Å². The van der Waals surface area contributed by atoms with Crippen LogP contribution >= 0.6 is 11.6 Å². The quantitative estimate of drug-likeness (QED) is 0.819. The minimum absolute atomic E-state index is 0.643. The first-order valence-corrected chi connectivity index (χ1v) is 5.79. The zero-order valence-electron chi connectivity index (χ0n) is 9.65. The van der Waals surface area contributed by atoms with E-state index in [9.17, 15) is 0 Å². The van der Waals surface area contributed by atoms with Gasteiger partial charge in [0.05, 0.1) is 10.7 Å². The molecule has 0 atom stereocenters. The van der Waals surface area contributed by atoms with Gasteiger partial charge in [0.25, 0.3) is 0 Å². The van der Waals surface area contributed by atoms with Crippen LogP contribution in [0.5, 0.6) is 0 Å². The Bertz CT molecular complexity index is 507. The van der Waals surface area contributed by atoms with Crippen LogP contribution in [0.3, 0.4) is 0 Å². The molecule has 0 bridgehead atoms. The van der Waals surface area contributed by atoms with Crippen LogP contribution in [0.4, 0.5) is 11.4 Å². The third-order valence-corrected chi connectivity index (χ3v) is 2.89. The van der Waals surface area contributed by atoms with E-state index >= 15 is 0 Å². The Kier molecular flexibility index (Phi) is 3.54. The fourth-order valence-corrected chi connectivity index (χ4v) is 1.88. The summed E-state index contributed by atoms with van der Waals surface area (Å²) in [6.07, 6.45) is 4.58. The van der Waals surface area contributed by atoms with Crippen LogP contribution in [0, 0.1) is 0 Å². The average molecular weight is 251 g/mol. The van der Waals surface area contributed by atoms with Gasteiger partial charge in [-0.05, 0) is 18.2 Å². The van der Waals surface area contributed by atoms with Gasteiger partial charge in [-0.15, -0.1) is 0 Å². The van der Waals surface area contributed by atoms with Crippen molar-refractivity contribution >= 4 is 23.0 Å². The summed E-state index contributed by atoms with van der Waals surface area (Å²) in [5.74, 6) is 1.05. The highest BCUT2D eigenvalue weighted by atomic mass is 35.5. The number of hydrogen-bond donors (Lipinski definition) is 2. The SMILES string of the molecule is Cn1ccnc1CCNc1ccc(N)cc1Cl. The van der Waals surface area contributed by atoms with Crippen LogP contribution in [-0.2, 0) is 13.5 Å². The van der Waals surface area contributed by atoms with Gasteiger partial charge in [-0.25, -0.2) is 4.98 Å². The Hall–Kier alpha value is -1.68. The highest BCUT2D eigenvalue weighted by Gasteiger charge is 2.02. The van der Waals surface area contributed by atoms with Gasteiger partial charge in [0, 0.05) is 38.1 Å². The minimum Gasteiger partial charge on any atom is -0.399 e. The van der Waals surface area contributed by atoms with Crippen LogP contribution in [0.15, 0.2) is 30.6 Å². The van der Waals surface area contributed by atoms with Crippen molar-refractivity contribution in [3.8, 4) is 0 Å². The summed E-state index contributed by atoms with van der Waals surface area (Å²) in [5.41, 5.74) is 7.20. The minimum atomic E-state index is 0.643. The Labute approximate surface area is 105 Å². The molecule has 0 saturated heterocycles. The topological polar surface area (TPSA) is 55.9 Å². The number of halogens is 1. The molecule has 0 aliphatic carbocycles. The van der Waals surface area contributed by atoms with E-state index in [-0.39, 0.29) is 0 Å². The second kappa shape index (κ2) is 5.10. The average Bonchev–Trinajstić information content (AvgIpc) is 2.68. The standard InChI is InChI=1S/C12H15ClN4/c1-17-7-6-16-12(17)4-5-15-11-3-2-9(14)8-10(11)13/h2-3,6-8,15H,4-5,14H2,1H3. The van der Waals surface area contributed by atoms with Crippen LogP contribution in [-0.4, -0.2) is 16.1 Å². The number of rotatable bonds is 4. The van der Waals surface area contributed by atoms with Crippen molar-refractivity contribution in [2.24, 2.45) is 7.05 Å². The Morgan fingerprint density at radius 1 is 1.47 bits per heavy atom. The summed E-state index contributed by atoms with van der Waals surface area (Å²) in [6.45, 7) is 0.786. The lowest BCUT2D eigenvalue weighted by atomic mass is 10.2. The molecule has 0 fully saturated rings. The molecule has 17 heavy (non-hydrogen) atoms. The monoisotopic (exact) mass is 250 g/mol. The third kappa shape index (κ3) is 2.91. The maximum atomic E-state index is 6.06. The summed E-state index contributed by atoms with van der Waals surface area (Å²) >= 11 is 6.06. The first-order valence-electron chi connectivity index (χ1n) is 5.42. The van der Waals surface area contributed by atoms with E-state index in [2.05, 4.69) is 10.3 Å². The summed E-state index contributed by atoms with van der Waals surface area (Å²) < 4.78 is 2.01. The van der Waals surface area contributed by atoms with E-state index in [1.54, 1.807) is 12.3 Å². The van der Waals surface area contributed by atoms with Crippen molar-refractivity contribution in [1.82, 2.24) is 9.55 Å². The lowest BCUT2D eigenvalue weighted by Crippen LogP contribution is -2.08. The molecule has 2 rings (SSSR count). The number of imidazole rings is 1. The lowest BCUT2D eigenvalue weighted by Gasteiger charge is -2.08. The Balaban J connectivity index is 1.92. The van der Waals surface area contributed by atoms with Gasteiger partial charge in [0.15, 0.2) is 0 Å². The number of aromatic nitrogens is 2. The lowest BCUT2D eigenvalue weighted by molar-refractivity contribution is 0.790. The number of hydrogen-bond acceptors (Lipinski definition) is 3. The zero-order chi connectivity index (χ0) is 12.3. The van der Waals surface area contributed by atoms with Crippen molar-refractivity contribution in [2.75, 3.05) is 17.6 Å². The molecular weight excluding hydrogens is 236 g/mol. The van der Waals surface area contributed by atoms with E-state index < -0.39 is 0 Å². The first kappa shape index (κ1) is 11.8. The number of nitrogens with one attached hydrogen (secondary N) is 1. The fourth-order valence-electron chi connectivity index (χ4n) is 1.62. The molecule has 1 aromatic heterocycles. The van der Waals surface area contributed by atoms with Gasteiger partial charge < -0.3 is 15.6 Å². The number of nitrogen functional groups attached to an aromatic ring is 1. The molecule has 0 aliphatic rings. The van der Waals surface area contributed by atoms with Crippen molar-refractivity contribution in [1.29, 1.82) is 0 Å². The second-order valence-corrected chi connectivity index (χ2v) is 4.28. The van der Waals surface area contributed by atoms with Crippen LogP contribution < -0.4 is 11.1 Å². The molecule has 0 saturated carbocycles. The Morgan fingerprint density at radius 3 is 2.94 bits per heavy atom. The third-order valence-electron chi connectivity index (χ3n) is 2.58. The second-order valence-electron chi connectivity index (χ2n) is 3.87. The van der Waals surface area contributed by atoms with E-state index in [1.165, 1.54) is 0 Å². The summed E-state index contributed by atoms with van der Waals surface area (Å²) in [6, 6.07) is 5.45. The molecule has 5 heteroatoms. The molecule has 4 nitrogen and oxygen atoms in total. The number of benzene rings is 1. The predicted molar refractivity (Wildman–Crippen MR) is 71.3 cm³/mol. The molecular formula is C12H15ClN4. The number of aryl methyl sites for hydroxylation is 1. The van der Waals surface area contributed by atoms with Gasteiger partial charge in [-0.2, -0.15) is 0 Å². The van der Waals surface area contributed by atoms with E-state index in [1.807, 2.05) is 29.9 Å².